The molecule has 1 aromatic heterocycles. The lowest BCUT2D eigenvalue weighted by atomic mass is 10.1. The summed E-state index contributed by atoms with van der Waals surface area (Å²) in [5.41, 5.74) is 2.38. The first-order chi connectivity index (χ1) is 5.38. The number of hydrogen-bond acceptors (Lipinski definition) is 3. The lowest BCUT2D eigenvalue weighted by molar-refractivity contribution is 0.622. The summed E-state index contributed by atoms with van der Waals surface area (Å²) in [5.74, 6) is 0. The third-order valence-corrected chi connectivity index (χ3v) is 2.51. The molecule has 0 atom stereocenters. The summed E-state index contributed by atoms with van der Waals surface area (Å²) in [5, 5.41) is 3.27. The smallest absolute Gasteiger partial charge is 0.116 e. The molecule has 2 heterocycles. The van der Waals surface area contributed by atoms with Crippen LogP contribution in [0.3, 0.4) is 0 Å². The molecule has 0 saturated carbocycles. The van der Waals surface area contributed by atoms with E-state index in [1.807, 2.05) is 0 Å². The van der Waals surface area contributed by atoms with Crippen molar-refractivity contribution in [3.8, 4) is 0 Å². The lowest BCUT2D eigenvalue weighted by Crippen LogP contribution is -2.25. The molecule has 1 aliphatic rings. The Kier molecular flexibility index (Phi) is 1.87. The second kappa shape index (κ2) is 2.87. The minimum absolute atomic E-state index is 0.886. The van der Waals surface area contributed by atoms with Crippen molar-refractivity contribution in [1.82, 2.24) is 15.3 Å². The predicted molar refractivity (Wildman–Crippen MR) is 45.1 cm³/mol. The van der Waals surface area contributed by atoms with Gasteiger partial charge in [0, 0.05) is 25.1 Å². The zero-order chi connectivity index (χ0) is 7.68. The van der Waals surface area contributed by atoms with Gasteiger partial charge in [-0.3, -0.25) is 0 Å². The summed E-state index contributed by atoms with van der Waals surface area (Å²) < 4.78 is 0.926. The number of nitrogens with zero attached hydrogens (tertiary/aromatic N) is 2. The highest BCUT2D eigenvalue weighted by Gasteiger charge is 2.12. The minimum atomic E-state index is 0.886. The average molecular weight is 214 g/mol. The molecule has 0 radical (unpaired) electrons. The Labute approximate surface area is 73.4 Å². The van der Waals surface area contributed by atoms with E-state index >= 15 is 0 Å². The zero-order valence-electron chi connectivity index (χ0n) is 5.97. The maximum absolute atomic E-state index is 4.20. The van der Waals surface area contributed by atoms with E-state index in [-0.39, 0.29) is 0 Å². The fourth-order valence-corrected chi connectivity index (χ4v) is 1.70. The van der Waals surface area contributed by atoms with Crippen molar-refractivity contribution in [3.05, 3.63) is 22.2 Å². The number of hydrogen-bond donors (Lipinski definition) is 1. The van der Waals surface area contributed by atoms with Crippen molar-refractivity contribution >= 4 is 15.9 Å². The van der Waals surface area contributed by atoms with Crippen molar-refractivity contribution in [2.24, 2.45) is 0 Å². The van der Waals surface area contributed by atoms with Gasteiger partial charge in [0.15, 0.2) is 0 Å². The molecule has 0 saturated heterocycles. The molecular formula is C7H8BrN3. The monoisotopic (exact) mass is 213 g/mol. The molecule has 0 aromatic carbocycles. The molecule has 58 valence electrons. The number of fused-ring (bicyclic) bond motifs is 1. The highest BCUT2D eigenvalue weighted by molar-refractivity contribution is 9.10. The third-order valence-electron chi connectivity index (χ3n) is 1.82. The van der Waals surface area contributed by atoms with Gasteiger partial charge >= 0.3 is 0 Å². The summed E-state index contributed by atoms with van der Waals surface area (Å²) in [6.45, 7) is 1.91. The van der Waals surface area contributed by atoms with E-state index in [2.05, 4.69) is 31.2 Å². The van der Waals surface area contributed by atoms with Crippen molar-refractivity contribution in [2.75, 3.05) is 6.54 Å². The van der Waals surface area contributed by atoms with Crippen LogP contribution in [0.4, 0.5) is 0 Å². The molecule has 0 bridgehead atoms. The Hall–Kier alpha value is -0.480. The van der Waals surface area contributed by atoms with Gasteiger partial charge in [0.1, 0.15) is 10.9 Å². The number of rotatable bonds is 0. The minimum Gasteiger partial charge on any atom is -0.312 e. The summed E-state index contributed by atoms with van der Waals surface area (Å²) >= 11 is 3.39. The van der Waals surface area contributed by atoms with Crippen molar-refractivity contribution in [3.63, 3.8) is 0 Å². The second-order valence-electron chi connectivity index (χ2n) is 2.52. The first-order valence-electron chi connectivity index (χ1n) is 3.57. The van der Waals surface area contributed by atoms with E-state index in [1.165, 1.54) is 11.3 Å². The Morgan fingerprint density at radius 3 is 3.18 bits per heavy atom. The Morgan fingerprint density at radius 2 is 2.36 bits per heavy atom. The quantitative estimate of drug-likeness (QED) is 0.651. The largest absolute Gasteiger partial charge is 0.312 e. The molecule has 4 heteroatoms. The molecule has 0 aliphatic carbocycles. The van der Waals surface area contributed by atoms with Gasteiger partial charge in [0.25, 0.3) is 0 Å². The van der Waals surface area contributed by atoms with Crippen LogP contribution < -0.4 is 5.32 Å². The van der Waals surface area contributed by atoms with Crippen molar-refractivity contribution < 1.29 is 0 Å². The third kappa shape index (κ3) is 1.28. The van der Waals surface area contributed by atoms with Gasteiger partial charge in [-0.05, 0) is 15.9 Å². The number of nitrogens with one attached hydrogen (secondary N) is 1. The van der Waals surface area contributed by atoms with Gasteiger partial charge in [0.2, 0.25) is 0 Å². The van der Waals surface area contributed by atoms with Crippen LogP contribution in [0.15, 0.2) is 10.9 Å². The maximum atomic E-state index is 4.20. The van der Waals surface area contributed by atoms with Crippen LogP contribution in [0.1, 0.15) is 11.3 Å². The van der Waals surface area contributed by atoms with E-state index < -0.39 is 0 Å². The van der Waals surface area contributed by atoms with Crippen LogP contribution in [0.2, 0.25) is 0 Å². The molecular weight excluding hydrogens is 206 g/mol. The van der Waals surface area contributed by atoms with Gasteiger partial charge in [-0.2, -0.15) is 0 Å². The van der Waals surface area contributed by atoms with Crippen molar-refractivity contribution in [2.45, 2.75) is 13.0 Å². The standard InChI is InChI=1S/C7H8BrN3/c8-7-5-3-9-2-1-6(5)10-4-11-7/h4,9H,1-3H2. The van der Waals surface area contributed by atoms with Crippen LogP contribution in [-0.4, -0.2) is 16.5 Å². The number of aromatic nitrogens is 2. The molecule has 0 amide bonds. The van der Waals surface area contributed by atoms with Crippen LogP contribution in [0, 0.1) is 0 Å². The molecule has 0 spiro atoms. The fourth-order valence-electron chi connectivity index (χ4n) is 1.23. The van der Waals surface area contributed by atoms with Gasteiger partial charge in [0.05, 0.1) is 5.69 Å². The van der Waals surface area contributed by atoms with E-state index in [0.29, 0.717) is 0 Å². The van der Waals surface area contributed by atoms with Gasteiger partial charge < -0.3 is 5.32 Å². The highest BCUT2D eigenvalue weighted by Crippen LogP contribution is 2.18. The SMILES string of the molecule is Brc1ncnc2c1CNCC2. The molecule has 1 aromatic rings. The average Bonchev–Trinajstić information content (AvgIpc) is 2.06. The Bertz CT molecular complexity index is 274. The Morgan fingerprint density at radius 1 is 1.45 bits per heavy atom. The summed E-state index contributed by atoms with van der Waals surface area (Å²) in [4.78, 5) is 8.26. The van der Waals surface area contributed by atoms with E-state index in [1.54, 1.807) is 6.33 Å². The van der Waals surface area contributed by atoms with Crippen LogP contribution >= 0.6 is 15.9 Å². The molecule has 11 heavy (non-hydrogen) atoms. The summed E-state index contributed by atoms with van der Waals surface area (Å²) in [7, 11) is 0. The zero-order valence-corrected chi connectivity index (χ0v) is 7.56. The highest BCUT2D eigenvalue weighted by atomic mass is 79.9. The first-order valence-corrected chi connectivity index (χ1v) is 4.36. The Balaban J connectivity index is 2.49. The van der Waals surface area contributed by atoms with Gasteiger partial charge in [-0.1, -0.05) is 0 Å². The normalized spacial score (nSPS) is 16.1. The van der Waals surface area contributed by atoms with E-state index in [9.17, 15) is 0 Å². The molecule has 1 N–H and O–H groups in total. The van der Waals surface area contributed by atoms with Gasteiger partial charge in [-0.15, -0.1) is 0 Å². The van der Waals surface area contributed by atoms with Crippen LogP contribution in [-0.2, 0) is 13.0 Å². The summed E-state index contributed by atoms with van der Waals surface area (Å²) in [6.07, 6.45) is 2.62. The van der Waals surface area contributed by atoms with Crippen LogP contribution in [0.25, 0.3) is 0 Å². The number of halogens is 1. The topological polar surface area (TPSA) is 37.8 Å². The van der Waals surface area contributed by atoms with Crippen LogP contribution in [0.5, 0.6) is 0 Å². The molecule has 2 rings (SSSR count). The maximum Gasteiger partial charge on any atom is 0.116 e. The molecule has 1 aliphatic heterocycles. The van der Waals surface area contributed by atoms with E-state index in [0.717, 1.165) is 24.1 Å². The van der Waals surface area contributed by atoms with Crippen molar-refractivity contribution in [1.29, 1.82) is 0 Å². The summed E-state index contributed by atoms with van der Waals surface area (Å²) in [6, 6.07) is 0. The molecule has 0 fully saturated rings. The molecule has 3 nitrogen and oxygen atoms in total. The van der Waals surface area contributed by atoms with E-state index in [4.69, 9.17) is 0 Å². The predicted octanol–water partition coefficient (Wildman–Crippen LogP) is 0.885. The fraction of sp³-hybridized carbons (Fsp3) is 0.429. The van der Waals surface area contributed by atoms with Gasteiger partial charge in [-0.25, -0.2) is 9.97 Å². The second-order valence-corrected chi connectivity index (χ2v) is 3.27. The molecule has 0 unspecified atom stereocenters. The lowest BCUT2D eigenvalue weighted by Gasteiger charge is -2.15. The first kappa shape index (κ1) is 7.18.